The zero-order valence-corrected chi connectivity index (χ0v) is 11.6. The third kappa shape index (κ3) is 3.78. The number of benzene rings is 2. The molecule has 1 amide bonds. The summed E-state index contributed by atoms with van der Waals surface area (Å²) >= 11 is 0. The number of carbonyl (C=O) groups is 1. The first-order valence-electron chi connectivity index (χ1n) is 6.48. The number of likely N-dealkylation sites (N-methyl/N-ethyl adjacent to an activating group) is 1. The number of hydrogen-bond acceptors (Lipinski definition) is 2. The summed E-state index contributed by atoms with van der Waals surface area (Å²) in [4.78, 5) is 13.5. The van der Waals surface area contributed by atoms with Gasteiger partial charge < -0.3 is 10.6 Å². The summed E-state index contributed by atoms with van der Waals surface area (Å²) in [7, 11) is 1.61. The van der Waals surface area contributed by atoms with E-state index in [2.05, 4.69) is 0 Å². The number of rotatable bonds is 4. The molecule has 0 radical (unpaired) electrons. The van der Waals surface area contributed by atoms with Gasteiger partial charge in [-0.25, -0.2) is 8.78 Å². The second-order valence-corrected chi connectivity index (χ2v) is 4.88. The molecule has 0 unspecified atom stereocenters. The van der Waals surface area contributed by atoms with Gasteiger partial charge in [-0.15, -0.1) is 0 Å². The molecule has 2 aromatic rings. The number of halogens is 2. The van der Waals surface area contributed by atoms with E-state index in [1.165, 1.54) is 17.0 Å². The van der Waals surface area contributed by atoms with Gasteiger partial charge in [0.15, 0.2) is 11.6 Å². The molecule has 0 aliphatic carbocycles. The molecule has 110 valence electrons. The van der Waals surface area contributed by atoms with Crippen LogP contribution in [0, 0.1) is 11.6 Å². The number of hydrogen-bond donors (Lipinski definition) is 1. The first kappa shape index (κ1) is 15.0. The molecule has 21 heavy (non-hydrogen) atoms. The Bertz CT molecular complexity index is 658. The van der Waals surface area contributed by atoms with Crippen LogP contribution in [-0.2, 0) is 17.8 Å². The highest BCUT2D eigenvalue weighted by Crippen LogP contribution is 2.14. The number of amides is 1. The minimum absolute atomic E-state index is 0.0550. The maximum Gasteiger partial charge on any atom is 0.227 e. The average Bonchev–Trinajstić information content (AvgIpc) is 2.44. The Morgan fingerprint density at radius 2 is 1.90 bits per heavy atom. The molecular formula is C16H16F2N2O. The lowest BCUT2D eigenvalue weighted by Crippen LogP contribution is -2.28. The topological polar surface area (TPSA) is 46.3 Å². The highest BCUT2D eigenvalue weighted by molar-refractivity contribution is 5.78. The predicted molar refractivity (Wildman–Crippen MR) is 77.4 cm³/mol. The van der Waals surface area contributed by atoms with Crippen molar-refractivity contribution < 1.29 is 13.6 Å². The van der Waals surface area contributed by atoms with Gasteiger partial charge in [0.05, 0.1) is 6.42 Å². The van der Waals surface area contributed by atoms with Crippen molar-refractivity contribution in [2.24, 2.45) is 0 Å². The Hall–Kier alpha value is -2.43. The van der Waals surface area contributed by atoms with E-state index in [1.54, 1.807) is 25.2 Å². The van der Waals surface area contributed by atoms with Crippen LogP contribution in [0.1, 0.15) is 11.1 Å². The summed E-state index contributed by atoms with van der Waals surface area (Å²) in [5.41, 5.74) is 7.23. The molecule has 0 aliphatic heterocycles. The van der Waals surface area contributed by atoms with Crippen molar-refractivity contribution >= 4 is 11.6 Å². The average molecular weight is 290 g/mol. The first-order valence-corrected chi connectivity index (χ1v) is 6.48. The Labute approximate surface area is 122 Å². The van der Waals surface area contributed by atoms with Gasteiger partial charge in [-0.2, -0.15) is 0 Å². The molecule has 0 saturated heterocycles. The molecule has 0 fully saturated rings. The lowest BCUT2D eigenvalue weighted by molar-refractivity contribution is -0.129. The van der Waals surface area contributed by atoms with E-state index in [0.717, 1.165) is 11.6 Å². The van der Waals surface area contributed by atoms with E-state index in [4.69, 9.17) is 5.73 Å². The zero-order chi connectivity index (χ0) is 15.4. The number of anilines is 1. The van der Waals surface area contributed by atoms with Crippen LogP contribution in [0.5, 0.6) is 0 Å². The molecular weight excluding hydrogens is 274 g/mol. The van der Waals surface area contributed by atoms with Crippen molar-refractivity contribution in [3.63, 3.8) is 0 Å². The van der Waals surface area contributed by atoms with E-state index in [9.17, 15) is 13.6 Å². The molecule has 3 nitrogen and oxygen atoms in total. The van der Waals surface area contributed by atoms with Crippen molar-refractivity contribution in [3.8, 4) is 0 Å². The van der Waals surface area contributed by atoms with Crippen molar-refractivity contribution in [2.75, 3.05) is 12.8 Å². The van der Waals surface area contributed by atoms with Gasteiger partial charge in [0.2, 0.25) is 5.91 Å². The fourth-order valence-electron chi connectivity index (χ4n) is 2.04. The number of carbonyl (C=O) groups excluding carboxylic acids is 1. The monoisotopic (exact) mass is 290 g/mol. The van der Waals surface area contributed by atoms with Crippen LogP contribution in [0.15, 0.2) is 42.5 Å². The predicted octanol–water partition coefficient (Wildman–Crippen LogP) is 2.75. The number of nitrogens with zero attached hydrogens (tertiary/aromatic N) is 1. The van der Waals surface area contributed by atoms with Crippen molar-refractivity contribution in [1.82, 2.24) is 4.90 Å². The molecule has 0 saturated carbocycles. The molecule has 2 aromatic carbocycles. The van der Waals surface area contributed by atoms with E-state index in [-0.39, 0.29) is 17.9 Å². The van der Waals surface area contributed by atoms with Crippen molar-refractivity contribution in [2.45, 2.75) is 13.0 Å². The van der Waals surface area contributed by atoms with Crippen LogP contribution in [0.2, 0.25) is 0 Å². The third-order valence-corrected chi connectivity index (χ3v) is 3.17. The minimum atomic E-state index is -0.969. The highest BCUT2D eigenvalue weighted by atomic mass is 19.2. The fourth-order valence-corrected chi connectivity index (χ4v) is 2.04. The smallest absolute Gasteiger partial charge is 0.227 e. The van der Waals surface area contributed by atoms with Gasteiger partial charge in [0.1, 0.15) is 0 Å². The SMILES string of the molecule is CN(Cc1cccc(N)c1)C(=O)Cc1cccc(F)c1F. The Kier molecular flexibility index (Phi) is 4.52. The van der Waals surface area contributed by atoms with Crippen molar-refractivity contribution in [3.05, 3.63) is 65.2 Å². The maximum atomic E-state index is 13.5. The van der Waals surface area contributed by atoms with Crippen LogP contribution in [0.3, 0.4) is 0 Å². The number of nitrogen functional groups attached to an aromatic ring is 1. The Morgan fingerprint density at radius 1 is 1.19 bits per heavy atom. The second-order valence-electron chi connectivity index (χ2n) is 4.88. The number of nitrogens with two attached hydrogens (primary N) is 1. The molecule has 0 atom stereocenters. The minimum Gasteiger partial charge on any atom is -0.399 e. The maximum absolute atomic E-state index is 13.5. The second kappa shape index (κ2) is 6.35. The van der Waals surface area contributed by atoms with E-state index in [1.807, 2.05) is 6.07 Å². The van der Waals surface area contributed by atoms with Crippen LogP contribution in [-0.4, -0.2) is 17.9 Å². The Balaban J connectivity index is 2.04. The van der Waals surface area contributed by atoms with E-state index >= 15 is 0 Å². The third-order valence-electron chi connectivity index (χ3n) is 3.17. The molecule has 0 spiro atoms. The summed E-state index contributed by atoms with van der Waals surface area (Å²) in [6.45, 7) is 0.362. The first-order chi connectivity index (χ1) is 9.97. The largest absolute Gasteiger partial charge is 0.399 e. The quantitative estimate of drug-likeness (QED) is 0.880. The Morgan fingerprint density at radius 3 is 2.62 bits per heavy atom. The van der Waals surface area contributed by atoms with Gasteiger partial charge in [0.25, 0.3) is 0 Å². The molecule has 0 bridgehead atoms. The molecule has 2 rings (SSSR count). The van der Waals surface area contributed by atoms with Gasteiger partial charge in [-0.1, -0.05) is 24.3 Å². The summed E-state index contributed by atoms with van der Waals surface area (Å²) < 4.78 is 26.7. The lowest BCUT2D eigenvalue weighted by Gasteiger charge is -2.18. The standard InChI is InChI=1S/C16H16F2N2O/c1-20(10-11-4-2-6-13(19)8-11)15(21)9-12-5-3-7-14(17)16(12)18/h2-8H,9-10,19H2,1H3. The summed E-state index contributed by atoms with van der Waals surface area (Å²) in [6.07, 6.45) is -0.178. The molecule has 5 heteroatoms. The molecule has 0 aromatic heterocycles. The van der Waals surface area contributed by atoms with E-state index in [0.29, 0.717) is 12.2 Å². The van der Waals surface area contributed by atoms with Gasteiger partial charge >= 0.3 is 0 Å². The normalized spacial score (nSPS) is 10.4. The van der Waals surface area contributed by atoms with Gasteiger partial charge in [-0.3, -0.25) is 4.79 Å². The highest BCUT2D eigenvalue weighted by Gasteiger charge is 2.15. The molecule has 0 aliphatic rings. The van der Waals surface area contributed by atoms with Gasteiger partial charge in [0, 0.05) is 24.8 Å². The zero-order valence-electron chi connectivity index (χ0n) is 11.6. The lowest BCUT2D eigenvalue weighted by atomic mass is 10.1. The van der Waals surface area contributed by atoms with Crippen LogP contribution >= 0.6 is 0 Å². The fraction of sp³-hybridized carbons (Fsp3) is 0.188. The van der Waals surface area contributed by atoms with Crippen LogP contribution in [0.25, 0.3) is 0 Å². The van der Waals surface area contributed by atoms with E-state index < -0.39 is 11.6 Å². The summed E-state index contributed by atoms with van der Waals surface area (Å²) in [6, 6.07) is 11.0. The van der Waals surface area contributed by atoms with Crippen LogP contribution in [0.4, 0.5) is 14.5 Å². The van der Waals surface area contributed by atoms with Crippen LogP contribution < -0.4 is 5.73 Å². The summed E-state index contributed by atoms with van der Waals surface area (Å²) in [5, 5.41) is 0. The van der Waals surface area contributed by atoms with Gasteiger partial charge in [-0.05, 0) is 23.8 Å². The van der Waals surface area contributed by atoms with Crippen molar-refractivity contribution in [1.29, 1.82) is 0 Å². The molecule has 2 N–H and O–H groups in total. The summed E-state index contributed by atoms with van der Waals surface area (Å²) in [5.74, 6) is -2.20. The molecule has 0 heterocycles.